The summed E-state index contributed by atoms with van der Waals surface area (Å²) in [6.45, 7) is 5.65. The maximum absolute atomic E-state index is 11.9. The van der Waals surface area contributed by atoms with Gasteiger partial charge >= 0.3 is 11.5 Å². The molecule has 7 nitrogen and oxygen atoms in total. The minimum atomic E-state index is -0.171. The van der Waals surface area contributed by atoms with Crippen molar-refractivity contribution in [1.29, 1.82) is 0 Å². The molecule has 0 unspecified atom stereocenters. The molecule has 0 spiro atoms. The molecular formula is C11H17N6O+. The van der Waals surface area contributed by atoms with Crippen molar-refractivity contribution in [2.75, 3.05) is 17.6 Å². The molecule has 0 atom stereocenters. The molecule has 96 valence electrons. The van der Waals surface area contributed by atoms with Crippen LogP contribution in [0.15, 0.2) is 11.0 Å². The van der Waals surface area contributed by atoms with E-state index in [-0.39, 0.29) is 11.7 Å². The third-order valence-electron chi connectivity index (χ3n) is 3.27. The molecule has 0 amide bonds. The second kappa shape index (κ2) is 3.66. The summed E-state index contributed by atoms with van der Waals surface area (Å²) >= 11 is 0. The normalized spacial score (nSPS) is 13.9. The SMILES string of the molecule is CC(C)n1c(N)c(-c2c[nH][n+]3c2NCC3)[nH]c1=O. The minimum Gasteiger partial charge on any atom is -0.383 e. The van der Waals surface area contributed by atoms with Gasteiger partial charge in [0.1, 0.15) is 30.2 Å². The fraction of sp³-hybridized carbons (Fsp3) is 0.455. The van der Waals surface area contributed by atoms with Gasteiger partial charge < -0.3 is 10.7 Å². The van der Waals surface area contributed by atoms with Gasteiger partial charge in [0.05, 0.1) is 6.20 Å². The van der Waals surface area contributed by atoms with Crippen molar-refractivity contribution in [2.45, 2.75) is 26.4 Å². The van der Waals surface area contributed by atoms with Crippen LogP contribution in [0.2, 0.25) is 0 Å². The summed E-state index contributed by atoms with van der Waals surface area (Å²) in [7, 11) is 0. The van der Waals surface area contributed by atoms with Gasteiger partial charge in [-0.3, -0.25) is 9.88 Å². The topological polar surface area (TPSA) is 95.5 Å². The number of rotatable bonds is 2. The zero-order valence-corrected chi connectivity index (χ0v) is 10.4. The van der Waals surface area contributed by atoms with E-state index in [1.54, 1.807) is 4.57 Å². The summed E-state index contributed by atoms with van der Waals surface area (Å²) in [5, 5.41) is 6.41. The van der Waals surface area contributed by atoms with Gasteiger partial charge in [0.15, 0.2) is 0 Å². The quantitative estimate of drug-likeness (QED) is 0.566. The number of nitrogens with one attached hydrogen (secondary N) is 3. The smallest absolute Gasteiger partial charge is 0.327 e. The Hall–Kier alpha value is -2.18. The van der Waals surface area contributed by atoms with Crippen LogP contribution in [0.25, 0.3) is 11.3 Å². The number of hydrogen-bond acceptors (Lipinski definition) is 3. The molecule has 2 aromatic heterocycles. The number of fused-ring (bicyclic) bond motifs is 1. The van der Waals surface area contributed by atoms with E-state index in [1.165, 1.54) is 0 Å². The van der Waals surface area contributed by atoms with E-state index in [4.69, 9.17) is 5.73 Å². The fourth-order valence-corrected chi connectivity index (χ4v) is 2.44. The Balaban J connectivity index is 2.18. The van der Waals surface area contributed by atoms with E-state index in [2.05, 4.69) is 15.4 Å². The first-order chi connectivity index (χ1) is 8.59. The van der Waals surface area contributed by atoms with Crippen LogP contribution in [0, 0.1) is 0 Å². The minimum absolute atomic E-state index is 0.0371. The number of nitrogens with zero attached hydrogens (tertiary/aromatic N) is 2. The molecular weight excluding hydrogens is 232 g/mol. The van der Waals surface area contributed by atoms with E-state index in [0.717, 1.165) is 24.5 Å². The van der Waals surface area contributed by atoms with Gasteiger partial charge in [0, 0.05) is 6.04 Å². The molecule has 0 bridgehead atoms. The zero-order valence-electron chi connectivity index (χ0n) is 10.4. The first-order valence-electron chi connectivity index (χ1n) is 6.05. The fourth-order valence-electron chi connectivity index (χ4n) is 2.44. The third kappa shape index (κ3) is 1.36. The van der Waals surface area contributed by atoms with Crippen molar-refractivity contribution in [3.05, 3.63) is 16.7 Å². The van der Waals surface area contributed by atoms with Gasteiger partial charge in [0.2, 0.25) is 0 Å². The van der Waals surface area contributed by atoms with Crippen molar-refractivity contribution in [3.63, 3.8) is 0 Å². The summed E-state index contributed by atoms with van der Waals surface area (Å²) in [6, 6.07) is 0.0371. The Labute approximate surface area is 104 Å². The van der Waals surface area contributed by atoms with Crippen molar-refractivity contribution in [3.8, 4) is 11.3 Å². The van der Waals surface area contributed by atoms with Crippen LogP contribution in [0.3, 0.4) is 0 Å². The number of anilines is 2. The predicted molar refractivity (Wildman–Crippen MR) is 68.3 cm³/mol. The monoisotopic (exact) mass is 249 g/mol. The molecule has 0 aliphatic carbocycles. The summed E-state index contributed by atoms with van der Waals surface area (Å²) < 4.78 is 3.56. The maximum Gasteiger partial charge on any atom is 0.327 e. The van der Waals surface area contributed by atoms with E-state index in [0.29, 0.717) is 11.5 Å². The standard InChI is InChI=1S/C11H16N6O/c1-6(2)17-9(12)8(15-11(17)18)7-5-14-16-4-3-13-10(7)16/h5-6H,3-4,12H2,1-2H3,(H2,13,14,15,18)/p+1. The number of hydrogen-bond donors (Lipinski definition) is 4. The molecule has 5 N–H and O–H groups in total. The van der Waals surface area contributed by atoms with E-state index in [9.17, 15) is 4.79 Å². The lowest BCUT2D eigenvalue weighted by Gasteiger charge is -2.07. The molecule has 3 rings (SSSR count). The van der Waals surface area contributed by atoms with Crippen LogP contribution in [-0.2, 0) is 6.54 Å². The van der Waals surface area contributed by atoms with Crippen LogP contribution in [0.4, 0.5) is 11.6 Å². The molecule has 0 saturated heterocycles. The summed E-state index contributed by atoms with van der Waals surface area (Å²) in [4.78, 5) is 14.7. The first-order valence-corrected chi connectivity index (χ1v) is 6.05. The third-order valence-corrected chi connectivity index (χ3v) is 3.27. The molecule has 1 aliphatic heterocycles. The van der Waals surface area contributed by atoms with Crippen LogP contribution in [-0.4, -0.2) is 21.2 Å². The summed E-state index contributed by atoms with van der Waals surface area (Å²) in [5.41, 5.74) is 7.48. The van der Waals surface area contributed by atoms with Crippen molar-refractivity contribution in [1.82, 2.24) is 14.6 Å². The first kappa shape index (κ1) is 10.9. The van der Waals surface area contributed by atoms with Gasteiger partial charge in [-0.05, 0) is 13.8 Å². The van der Waals surface area contributed by atoms with Crippen molar-refractivity contribution < 1.29 is 4.68 Å². The van der Waals surface area contributed by atoms with Gasteiger partial charge in [-0.1, -0.05) is 0 Å². The second-order valence-electron chi connectivity index (χ2n) is 4.77. The van der Waals surface area contributed by atoms with Crippen molar-refractivity contribution in [2.24, 2.45) is 0 Å². The molecule has 0 radical (unpaired) electrons. The Morgan fingerprint density at radius 3 is 2.94 bits per heavy atom. The Bertz CT molecular complexity index is 647. The van der Waals surface area contributed by atoms with Crippen LogP contribution in [0.1, 0.15) is 19.9 Å². The van der Waals surface area contributed by atoms with Crippen LogP contribution >= 0.6 is 0 Å². The van der Waals surface area contributed by atoms with Gasteiger partial charge in [-0.25, -0.2) is 9.89 Å². The Morgan fingerprint density at radius 1 is 1.50 bits per heavy atom. The highest BCUT2D eigenvalue weighted by Gasteiger charge is 2.28. The highest BCUT2D eigenvalue weighted by atomic mass is 16.1. The zero-order chi connectivity index (χ0) is 12.9. The van der Waals surface area contributed by atoms with E-state index >= 15 is 0 Å². The second-order valence-corrected chi connectivity index (χ2v) is 4.77. The largest absolute Gasteiger partial charge is 0.383 e. The Kier molecular flexibility index (Phi) is 2.22. The molecule has 0 saturated carbocycles. The maximum atomic E-state index is 11.9. The number of aromatic amines is 2. The van der Waals surface area contributed by atoms with E-state index < -0.39 is 0 Å². The number of nitrogens with two attached hydrogens (primary N) is 1. The number of nitrogen functional groups attached to an aromatic ring is 1. The molecule has 1 aliphatic rings. The molecule has 0 fully saturated rings. The average Bonchev–Trinajstić information content (AvgIpc) is 2.92. The Morgan fingerprint density at radius 2 is 2.28 bits per heavy atom. The van der Waals surface area contributed by atoms with Crippen LogP contribution < -0.4 is 21.4 Å². The lowest BCUT2D eigenvalue weighted by atomic mass is 10.2. The highest BCUT2D eigenvalue weighted by Crippen LogP contribution is 2.29. The summed E-state index contributed by atoms with van der Waals surface area (Å²) in [6.07, 6.45) is 1.85. The van der Waals surface area contributed by atoms with Gasteiger partial charge in [-0.2, -0.15) is 4.68 Å². The van der Waals surface area contributed by atoms with E-state index in [1.807, 2.05) is 24.7 Å². The van der Waals surface area contributed by atoms with Crippen LogP contribution in [0.5, 0.6) is 0 Å². The van der Waals surface area contributed by atoms with Gasteiger partial charge in [-0.15, -0.1) is 0 Å². The average molecular weight is 249 g/mol. The number of imidazole rings is 1. The highest BCUT2D eigenvalue weighted by molar-refractivity contribution is 5.77. The molecule has 0 aromatic carbocycles. The predicted octanol–water partition coefficient (Wildman–Crippen LogP) is 0.0476. The lowest BCUT2D eigenvalue weighted by molar-refractivity contribution is -0.725. The number of H-pyrrole nitrogens is 2. The molecule has 18 heavy (non-hydrogen) atoms. The molecule has 2 aromatic rings. The molecule has 7 heteroatoms. The number of aromatic nitrogens is 4. The lowest BCUT2D eigenvalue weighted by Crippen LogP contribution is -2.32. The molecule has 3 heterocycles. The summed E-state index contributed by atoms with van der Waals surface area (Å²) in [5.74, 6) is 1.45. The van der Waals surface area contributed by atoms with Gasteiger partial charge in [0.25, 0.3) is 0 Å². The van der Waals surface area contributed by atoms with Crippen molar-refractivity contribution >= 4 is 11.6 Å².